The number of nitrogens with zero attached hydrogens (tertiary/aromatic N) is 1. The maximum atomic E-state index is 6.34. The van der Waals surface area contributed by atoms with Crippen LogP contribution in [-0.2, 0) is 6.42 Å². The maximum absolute atomic E-state index is 6.34. The second kappa shape index (κ2) is 4.97. The lowest BCUT2D eigenvalue weighted by atomic mass is 9.74. The van der Waals surface area contributed by atoms with Crippen molar-refractivity contribution >= 4 is 11.8 Å². The Morgan fingerprint density at radius 1 is 1.20 bits per heavy atom. The highest BCUT2D eigenvalue weighted by Gasteiger charge is 2.32. The molecule has 1 atom stereocenters. The van der Waals surface area contributed by atoms with Crippen LogP contribution in [0.4, 0.5) is 0 Å². The van der Waals surface area contributed by atoms with Crippen molar-refractivity contribution in [3.8, 4) is 5.69 Å². The Labute approximate surface area is 125 Å². The first-order chi connectivity index (χ1) is 9.50. The summed E-state index contributed by atoms with van der Waals surface area (Å²) in [7, 11) is 0. The molecule has 1 aliphatic carbocycles. The highest BCUT2D eigenvalue weighted by atomic mass is 32.2. The fourth-order valence-electron chi connectivity index (χ4n) is 3.22. The van der Waals surface area contributed by atoms with Gasteiger partial charge in [-0.05, 0) is 60.4 Å². The third-order valence-electron chi connectivity index (χ3n) is 4.20. The van der Waals surface area contributed by atoms with Gasteiger partial charge >= 0.3 is 0 Å². The Morgan fingerprint density at radius 3 is 2.55 bits per heavy atom. The largest absolute Gasteiger partial charge is 0.324 e. The molecule has 106 valence electrons. The van der Waals surface area contributed by atoms with Gasteiger partial charge in [0.2, 0.25) is 0 Å². The van der Waals surface area contributed by atoms with E-state index in [1.54, 1.807) is 11.8 Å². The van der Waals surface area contributed by atoms with E-state index in [9.17, 15) is 0 Å². The van der Waals surface area contributed by atoms with Gasteiger partial charge in [0.25, 0.3) is 0 Å². The summed E-state index contributed by atoms with van der Waals surface area (Å²) < 4.78 is 2.31. The van der Waals surface area contributed by atoms with Gasteiger partial charge in [-0.3, -0.25) is 0 Å². The van der Waals surface area contributed by atoms with E-state index in [-0.39, 0.29) is 11.5 Å². The highest BCUT2D eigenvalue weighted by molar-refractivity contribution is 7.98. The average Bonchev–Trinajstić information content (AvgIpc) is 2.81. The van der Waals surface area contributed by atoms with Crippen LogP contribution in [0.3, 0.4) is 0 Å². The van der Waals surface area contributed by atoms with Crippen LogP contribution in [0.15, 0.2) is 41.4 Å². The fraction of sp³-hybridized carbons (Fsp3) is 0.412. The van der Waals surface area contributed by atoms with Crippen molar-refractivity contribution in [1.82, 2.24) is 4.57 Å². The van der Waals surface area contributed by atoms with Gasteiger partial charge in [0.1, 0.15) is 0 Å². The fourth-order valence-corrected chi connectivity index (χ4v) is 3.63. The molecule has 20 heavy (non-hydrogen) atoms. The van der Waals surface area contributed by atoms with Gasteiger partial charge in [-0.25, -0.2) is 0 Å². The first-order valence-electron chi connectivity index (χ1n) is 7.10. The van der Waals surface area contributed by atoms with Crippen LogP contribution >= 0.6 is 11.8 Å². The number of hydrogen-bond donors (Lipinski definition) is 1. The number of fused-ring (bicyclic) bond motifs is 1. The van der Waals surface area contributed by atoms with Gasteiger partial charge < -0.3 is 10.3 Å². The van der Waals surface area contributed by atoms with Crippen LogP contribution in [0.1, 0.15) is 37.6 Å². The Hall–Kier alpha value is -1.19. The topological polar surface area (TPSA) is 30.9 Å². The van der Waals surface area contributed by atoms with E-state index in [0.717, 1.165) is 12.8 Å². The van der Waals surface area contributed by atoms with Crippen LogP contribution in [0.5, 0.6) is 0 Å². The predicted octanol–water partition coefficient (Wildman–Crippen LogP) is 4.17. The molecule has 0 saturated carbocycles. The van der Waals surface area contributed by atoms with Crippen molar-refractivity contribution in [2.75, 3.05) is 6.26 Å². The first-order valence-corrected chi connectivity index (χ1v) is 8.33. The second-order valence-electron chi connectivity index (χ2n) is 6.44. The molecule has 0 radical (unpaired) electrons. The third kappa shape index (κ3) is 2.40. The van der Waals surface area contributed by atoms with E-state index in [4.69, 9.17) is 5.73 Å². The van der Waals surface area contributed by atoms with E-state index in [1.165, 1.54) is 21.8 Å². The zero-order chi connectivity index (χ0) is 14.3. The molecule has 3 rings (SSSR count). The summed E-state index contributed by atoms with van der Waals surface area (Å²) in [6, 6.07) is 11.1. The molecule has 0 spiro atoms. The Bertz CT molecular complexity index is 610. The van der Waals surface area contributed by atoms with Crippen molar-refractivity contribution in [1.29, 1.82) is 0 Å². The molecular formula is C17H22N2S. The summed E-state index contributed by atoms with van der Waals surface area (Å²) in [5.41, 5.74) is 10.6. The average molecular weight is 286 g/mol. The smallest absolute Gasteiger partial charge is 0.0453 e. The lowest BCUT2D eigenvalue weighted by molar-refractivity contribution is 0.278. The quantitative estimate of drug-likeness (QED) is 0.840. The molecule has 1 unspecified atom stereocenters. The predicted molar refractivity (Wildman–Crippen MR) is 86.6 cm³/mol. The first kappa shape index (κ1) is 13.8. The number of thioether (sulfide) groups is 1. The lowest BCUT2D eigenvalue weighted by Gasteiger charge is -2.34. The summed E-state index contributed by atoms with van der Waals surface area (Å²) in [6.45, 7) is 4.62. The molecule has 0 aliphatic heterocycles. The summed E-state index contributed by atoms with van der Waals surface area (Å²) >= 11 is 1.77. The van der Waals surface area contributed by atoms with Crippen molar-refractivity contribution in [2.45, 2.75) is 37.6 Å². The van der Waals surface area contributed by atoms with Crippen LogP contribution < -0.4 is 5.73 Å². The minimum atomic E-state index is 0.167. The van der Waals surface area contributed by atoms with E-state index < -0.39 is 0 Å². The van der Waals surface area contributed by atoms with E-state index in [2.05, 4.69) is 61.2 Å². The van der Waals surface area contributed by atoms with Crippen molar-refractivity contribution in [3.63, 3.8) is 0 Å². The van der Waals surface area contributed by atoms with Crippen LogP contribution in [0.25, 0.3) is 5.69 Å². The minimum absolute atomic E-state index is 0.167. The van der Waals surface area contributed by atoms with Gasteiger partial charge in [0, 0.05) is 28.5 Å². The van der Waals surface area contributed by atoms with E-state index in [0.29, 0.717) is 0 Å². The van der Waals surface area contributed by atoms with Gasteiger partial charge in [-0.1, -0.05) is 13.8 Å². The molecule has 0 saturated heterocycles. The van der Waals surface area contributed by atoms with Crippen LogP contribution in [0, 0.1) is 5.41 Å². The molecule has 1 aromatic carbocycles. The SMILES string of the molecule is CSc1ccc(-n2ccc3c2CC(C)(C)CC3N)cc1. The molecule has 2 nitrogen and oxygen atoms in total. The molecule has 1 heterocycles. The van der Waals surface area contributed by atoms with Crippen molar-refractivity contribution in [2.24, 2.45) is 11.1 Å². The van der Waals surface area contributed by atoms with Gasteiger partial charge in [0.15, 0.2) is 0 Å². The summed E-state index contributed by atoms with van der Waals surface area (Å²) in [5, 5.41) is 0. The second-order valence-corrected chi connectivity index (χ2v) is 7.32. The molecule has 2 N–H and O–H groups in total. The zero-order valence-corrected chi connectivity index (χ0v) is 13.2. The molecule has 2 aromatic rings. The molecular weight excluding hydrogens is 264 g/mol. The minimum Gasteiger partial charge on any atom is -0.324 e. The van der Waals surface area contributed by atoms with E-state index in [1.807, 2.05) is 0 Å². The van der Waals surface area contributed by atoms with Crippen molar-refractivity contribution in [3.05, 3.63) is 47.8 Å². The molecule has 0 amide bonds. The van der Waals surface area contributed by atoms with Gasteiger partial charge in [-0.15, -0.1) is 11.8 Å². The normalized spacial score (nSPS) is 20.7. The molecule has 1 aromatic heterocycles. The molecule has 0 fully saturated rings. The third-order valence-corrected chi connectivity index (χ3v) is 4.94. The van der Waals surface area contributed by atoms with Gasteiger partial charge in [-0.2, -0.15) is 0 Å². The monoisotopic (exact) mass is 286 g/mol. The molecule has 1 aliphatic rings. The number of benzene rings is 1. The van der Waals surface area contributed by atoms with E-state index >= 15 is 0 Å². The summed E-state index contributed by atoms with van der Waals surface area (Å²) in [4.78, 5) is 1.30. The zero-order valence-electron chi connectivity index (χ0n) is 12.4. The maximum Gasteiger partial charge on any atom is 0.0453 e. The number of aromatic nitrogens is 1. The number of hydrogen-bond acceptors (Lipinski definition) is 2. The standard InChI is InChI=1S/C17H22N2S/c1-17(2)10-15(18)14-8-9-19(16(14)11-17)12-4-6-13(20-3)7-5-12/h4-9,15H,10-11,18H2,1-3H3. The Kier molecular flexibility index (Phi) is 3.43. The van der Waals surface area contributed by atoms with Crippen molar-refractivity contribution < 1.29 is 0 Å². The number of rotatable bonds is 2. The number of nitrogens with two attached hydrogens (primary N) is 1. The van der Waals surface area contributed by atoms with Crippen LogP contribution in [-0.4, -0.2) is 10.8 Å². The Morgan fingerprint density at radius 2 is 1.90 bits per heavy atom. The van der Waals surface area contributed by atoms with Crippen LogP contribution in [0.2, 0.25) is 0 Å². The Balaban J connectivity index is 2.03. The summed E-state index contributed by atoms with van der Waals surface area (Å²) in [6.07, 6.45) is 6.43. The lowest BCUT2D eigenvalue weighted by Crippen LogP contribution is -2.30. The highest BCUT2D eigenvalue weighted by Crippen LogP contribution is 2.40. The molecule has 0 bridgehead atoms. The summed E-state index contributed by atoms with van der Waals surface area (Å²) in [5.74, 6) is 0. The van der Waals surface area contributed by atoms with Gasteiger partial charge in [0.05, 0.1) is 0 Å². The molecule has 3 heteroatoms.